The fourth-order valence-electron chi connectivity index (χ4n) is 1.52. The minimum Gasteiger partial charge on any atom is -0.394 e. The number of rotatable bonds is 8. The van der Waals surface area contributed by atoms with Gasteiger partial charge < -0.3 is 15.2 Å². The van der Waals surface area contributed by atoms with Gasteiger partial charge >= 0.3 is 0 Å². The lowest BCUT2D eigenvalue weighted by molar-refractivity contribution is -0.384. The van der Waals surface area contributed by atoms with Gasteiger partial charge in [-0.3, -0.25) is 10.1 Å². The molecule has 0 unspecified atom stereocenters. The number of hydrogen-bond donors (Lipinski definition) is 2. The topological polar surface area (TPSA) is 84.6 Å². The molecular formula is C12H18N2O4. The molecule has 0 aliphatic rings. The molecule has 0 aliphatic heterocycles. The van der Waals surface area contributed by atoms with Crippen molar-refractivity contribution in [1.29, 1.82) is 0 Å². The highest BCUT2D eigenvalue weighted by molar-refractivity contribution is 5.55. The lowest BCUT2D eigenvalue weighted by Crippen LogP contribution is -2.08. The molecule has 0 saturated heterocycles. The van der Waals surface area contributed by atoms with Gasteiger partial charge in [-0.15, -0.1) is 0 Å². The summed E-state index contributed by atoms with van der Waals surface area (Å²) in [6.07, 6.45) is 0.816. The van der Waals surface area contributed by atoms with Crippen molar-refractivity contribution in [3.63, 3.8) is 0 Å². The summed E-state index contributed by atoms with van der Waals surface area (Å²) in [6, 6.07) is 4.74. The number of hydrogen-bond acceptors (Lipinski definition) is 5. The van der Waals surface area contributed by atoms with E-state index in [9.17, 15) is 10.1 Å². The third-order valence-electron chi connectivity index (χ3n) is 2.44. The van der Waals surface area contributed by atoms with Crippen molar-refractivity contribution < 1.29 is 14.8 Å². The summed E-state index contributed by atoms with van der Waals surface area (Å²) in [6.45, 7) is 3.53. The molecule has 0 saturated carbocycles. The van der Waals surface area contributed by atoms with Gasteiger partial charge in [-0.2, -0.15) is 0 Å². The molecule has 0 amide bonds. The van der Waals surface area contributed by atoms with Crippen molar-refractivity contribution in [2.24, 2.45) is 0 Å². The minimum absolute atomic E-state index is 0.0366. The molecule has 0 aliphatic carbocycles. The van der Waals surface area contributed by atoms with Gasteiger partial charge in [-0.25, -0.2) is 0 Å². The Labute approximate surface area is 106 Å². The fraction of sp³-hybridized carbons (Fsp3) is 0.500. The van der Waals surface area contributed by atoms with Gasteiger partial charge in [0.2, 0.25) is 0 Å². The average molecular weight is 254 g/mol. The lowest BCUT2D eigenvalue weighted by atomic mass is 10.2. The van der Waals surface area contributed by atoms with E-state index >= 15 is 0 Å². The minimum atomic E-state index is -0.403. The van der Waals surface area contributed by atoms with Gasteiger partial charge in [0.25, 0.3) is 5.69 Å². The van der Waals surface area contributed by atoms with Gasteiger partial charge in [0, 0.05) is 31.0 Å². The zero-order valence-electron chi connectivity index (χ0n) is 10.4. The Bertz CT molecular complexity index is 396. The highest BCUT2D eigenvalue weighted by atomic mass is 16.6. The summed E-state index contributed by atoms with van der Waals surface area (Å²) < 4.78 is 5.12. The van der Waals surface area contributed by atoms with Crippen LogP contribution in [0.25, 0.3) is 0 Å². The molecule has 0 heterocycles. The van der Waals surface area contributed by atoms with Gasteiger partial charge in [0.05, 0.1) is 18.1 Å². The van der Waals surface area contributed by atoms with E-state index in [4.69, 9.17) is 9.84 Å². The van der Waals surface area contributed by atoms with Crippen molar-refractivity contribution in [3.8, 4) is 0 Å². The second-order valence-corrected chi connectivity index (χ2v) is 3.87. The van der Waals surface area contributed by atoms with E-state index < -0.39 is 4.92 Å². The molecule has 0 atom stereocenters. The predicted octanol–water partition coefficient (Wildman–Crippen LogP) is 1.71. The first kappa shape index (κ1) is 14.4. The first-order chi connectivity index (χ1) is 8.65. The Hall–Kier alpha value is -1.66. The summed E-state index contributed by atoms with van der Waals surface area (Å²) in [5.74, 6) is 0. The molecule has 0 spiro atoms. The summed E-state index contributed by atoms with van der Waals surface area (Å²) >= 11 is 0. The van der Waals surface area contributed by atoms with Gasteiger partial charge in [-0.1, -0.05) is 0 Å². The number of non-ortho nitro benzene ring substituents is 1. The quantitative estimate of drug-likeness (QED) is 0.419. The second-order valence-electron chi connectivity index (χ2n) is 3.87. The SMILES string of the molecule is Cc1cc([N+](=O)[O-])ccc1NCCCOCCO. The lowest BCUT2D eigenvalue weighted by Gasteiger charge is -2.09. The molecule has 6 nitrogen and oxygen atoms in total. The monoisotopic (exact) mass is 254 g/mol. The molecule has 0 aromatic heterocycles. The number of nitro benzene ring substituents is 1. The van der Waals surface area contributed by atoms with E-state index in [1.54, 1.807) is 12.1 Å². The number of benzene rings is 1. The zero-order chi connectivity index (χ0) is 13.4. The van der Waals surface area contributed by atoms with Crippen molar-refractivity contribution in [3.05, 3.63) is 33.9 Å². The summed E-state index contributed by atoms with van der Waals surface area (Å²) in [5, 5.41) is 22.3. The van der Waals surface area contributed by atoms with Gasteiger partial charge in [0.1, 0.15) is 0 Å². The van der Waals surface area contributed by atoms with E-state index in [-0.39, 0.29) is 12.3 Å². The maximum absolute atomic E-state index is 10.6. The van der Waals surface area contributed by atoms with Crippen LogP contribution < -0.4 is 5.32 Å². The molecule has 0 radical (unpaired) electrons. The molecule has 0 fully saturated rings. The van der Waals surface area contributed by atoms with Crippen LogP contribution in [0.2, 0.25) is 0 Å². The van der Waals surface area contributed by atoms with Crippen LogP contribution in [0.1, 0.15) is 12.0 Å². The Morgan fingerprint density at radius 3 is 2.83 bits per heavy atom. The summed E-state index contributed by atoms with van der Waals surface area (Å²) in [5.41, 5.74) is 1.84. The number of nitrogens with one attached hydrogen (secondary N) is 1. The number of aryl methyl sites for hydroxylation is 1. The largest absolute Gasteiger partial charge is 0.394 e. The predicted molar refractivity (Wildman–Crippen MR) is 68.8 cm³/mol. The molecular weight excluding hydrogens is 236 g/mol. The van der Waals surface area contributed by atoms with Gasteiger partial charge in [0.15, 0.2) is 0 Å². The van der Waals surface area contributed by atoms with Crippen molar-refractivity contribution in [2.75, 3.05) is 31.7 Å². The van der Waals surface area contributed by atoms with Crippen LogP contribution in [-0.2, 0) is 4.74 Å². The first-order valence-electron chi connectivity index (χ1n) is 5.82. The molecule has 18 heavy (non-hydrogen) atoms. The molecule has 100 valence electrons. The smallest absolute Gasteiger partial charge is 0.269 e. The van der Waals surface area contributed by atoms with Crippen LogP contribution in [0.3, 0.4) is 0 Å². The zero-order valence-corrected chi connectivity index (χ0v) is 10.4. The van der Waals surface area contributed by atoms with E-state index in [1.165, 1.54) is 6.07 Å². The molecule has 1 rings (SSSR count). The highest BCUT2D eigenvalue weighted by Gasteiger charge is 2.07. The molecule has 1 aromatic rings. The van der Waals surface area contributed by atoms with Crippen LogP contribution in [0.5, 0.6) is 0 Å². The average Bonchev–Trinajstić information content (AvgIpc) is 2.35. The Morgan fingerprint density at radius 1 is 1.44 bits per heavy atom. The maximum Gasteiger partial charge on any atom is 0.269 e. The van der Waals surface area contributed by atoms with Crippen molar-refractivity contribution >= 4 is 11.4 Å². The second kappa shape index (κ2) is 7.62. The number of anilines is 1. The van der Waals surface area contributed by atoms with E-state index in [0.29, 0.717) is 13.2 Å². The summed E-state index contributed by atoms with van der Waals surface area (Å²) in [7, 11) is 0. The van der Waals surface area contributed by atoms with Crippen molar-refractivity contribution in [2.45, 2.75) is 13.3 Å². The molecule has 6 heteroatoms. The van der Waals surface area contributed by atoms with E-state index in [2.05, 4.69) is 5.32 Å². The number of nitro groups is 1. The Kier molecular flexibility index (Phi) is 6.10. The molecule has 2 N–H and O–H groups in total. The number of aliphatic hydroxyl groups is 1. The van der Waals surface area contributed by atoms with Crippen LogP contribution >= 0.6 is 0 Å². The Morgan fingerprint density at radius 2 is 2.22 bits per heavy atom. The highest BCUT2D eigenvalue weighted by Crippen LogP contribution is 2.20. The number of nitrogens with zero attached hydrogens (tertiary/aromatic N) is 1. The summed E-state index contributed by atoms with van der Waals surface area (Å²) in [4.78, 5) is 10.2. The van der Waals surface area contributed by atoms with E-state index in [0.717, 1.165) is 24.2 Å². The standard InChI is InChI=1S/C12H18N2O4/c1-10-9-11(14(16)17)3-4-12(10)13-5-2-7-18-8-6-15/h3-4,9,13,15H,2,5-8H2,1H3. The first-order valence-corrected chi connectivity index (χ1v) is 5.82. The van der Waals surface area contributed by atoms with Crippen LogP contribution in [0, 0.1) is 17.0 Å². The fourth-order valence-corrected chi connectivity index (χ4v) is 1.52. The van der Waals surface area contributed by atoms with Gasteiger partial charge in [-0.05, 0) is 25.0 Å². The number of aliphatic hydroxyl groups excluding tert-OH is 1. The van der Waals surface area contributed by atoms with Crippen molar-refractivity contribution in [1.82, 2.24) is 0 Å². The van der Waals surface area contributed by atoms with Crippen LogP contribution in [0.15, 0.2) is 18.2 Å². The molecule has 1 aromatic carbocycles. The normalized spacial score (nSPS) is 10.3. The van der Waals surface area contributed by atoms with Crippen LogP contribution in [0.4, 0.5) is 11.4 Å². The molecule has 0 bridgehead atoms. The Balaban J connectivity index is 2.36. The van der Waals surface area contributed by atoms with E-state index in [1.807, 2.05) is 6.92 Å². The maximum atomic E-state index is 10.6. The number of ether oxygens (including phenoxy) is 1. The third kappa shape index (κ3) is 4.68. The third-order valence-corrected chi connectivity index (χ3v) is 2.44. The van der Waals surface area contributed by atoms with Crippen LogP contribution in [-0.4, -0.2) is 36.4 Å².